The fourth-order valence-electron chi connectivity index (χ4n) is 3.03. The van der Waals surface area contributed by atoms with Crippen LogP contribution in [0.25, 0.3) is 0 Å². The first-order valence-corrected chi connectivity index (χ1v) is 10.5. The topological polar surface area (TPSA) is 95.6 Å². The zero-order valence-electron chi connectivity index (χ0n) is 15.6. The van der Waals surface area contributed by atoms with E-state index in [4.69, 9.17) is 0 Å². The van der Waals surface area contributed by atoms with E-state index in [0.717, 1.165) is 15.4 Å². The number of amides is 2. The van der Waals surface area contributed by atoms with E-state index in [2.05, 4.69) is 10.6 Å². The largest absolute Gasteiger partial charge is 0.355 e. The Bertz CT molecular complexity index is 974. The van der Waals surface area contributed by atoms with E-state index < -0.39 is 10.0 Å². The van der Waals surface area contributed by atoms with Gasteiger partial charge in [-0.3, -0.25) is 9.59 Å². The maximum atomic E-state index is 12.8. The smallest absolute Gasteiger partial charge is 0.243 e. The van der Waals surface area contributed by atoms with Crippen LogP contribution < -0.4 is 10.6 Å². The minimum Gasteiger partial charge on any atom is -0.355 e. The predicted molar refractivity (Wildman–Crippen MR) is 106 cm³/mol. The summed E-state index contributed by atoms with van der Waals surface area (Å²) in [4.78, 5) is 23.7. The summed E-state index contributed by atoms with van der Waals surface area (Å²) in [5.41, 5.74) is 2.52. The summed E-state index contributed by atoms with van der Waals surface area (Å²) in [7, 11) is -2.42. The normalized spacial score (nSPS) is 13.7. The number of nitrogens with zero attached hydrogens (tertiary/aromatic N) is 1. The zero-order chi connectivity index (χ0) is 20.1. The summed E-state index contributed by atoms with van der Waals surface area (Å²) in [6, 6.07) is 14.3. The molecule has 1 aliphatic rings. The van der Waals surface area contributed by atoms with Gasteiger partial charge >= 0.3 is 0 Å². The predicted octanol–water partition coefficient (Wildman–Crippen LogP) is 1.55. The Morgan fingerprint density at radius 1 is 1.14 bits per heavy atom. The first-order chi connectivity index (χ1) is 13.4. The molecule has 0 unspecified atom stereocenters. The monoisotopic (exact) mass is 401 g/mol. The number of hydrogen-bond donors (Lipinski definition) is 2. The highest BCUT2D eigenvalue weighted by atomic mass is 32.2. The molecule has 0 spiro atoms. The number of aryl methyl sites for hydroxylation is 1. The molecule has 2 amide bonds. The van der Waals surface area contributed by atoms with Crippen molar-refractivity contribution in [1.29, 1.82) is 0 Å². The van der Waals surface area contributed by atoms with Crippen molar-refractivity contribution in [1.82, 2.24) is 9.62 Å². The third kappa shape index (κ3) is 4.76. The van der Waals surface area contributed by atoms with Crippen LogP contribution in [0.15, 0.2) is 53.4 Å². The lowest BCUT2D eigenvalue weighted by molar-refractivity contribution is -0.121. The van der Waals surface area contributed by atoms with Gasteiger partial charge < -0.3 is 10.6 Å². The van der Waals surface area contributed by atoms with Crippen molar-refractivity contribution in [3.8, 4) is 0 Å². The fraction of sp³-hybridized carbons (Fsp3) is 0.300. The van der Waals surface area contributed by atoms with E-state index >= 15 is 0 Å². The summed E-state index contributed by atoms with van der Waals surface area (Å²) >= 11 is 0. The van der Waals surface area contributed by atoms with Gasteiger partial charge in [0.15, 0.2) is 0 Å². The molecule has 8 heteroatoms. The molecule has 0 aromatic heterocycles. The zero-order valence-corrected chi connectivity index (χ0v) is 16.5. The second-order valence-corrected chi connectivity index (χ2v) is 8.76. The highest BCUT2D eigenvalue weighted by Crippen LogP contribution is 2.26. The van der Waals surface area contributed by atoms with E-state index in [1.807, 2.05) is 30.3 Å². The van der Waals surface area contributed by atoms with Crippen LogP contribution in [-0.4, -0.2) is 44.7 Å². The number of carbonyl (C=O) groups is 2. The van der Waals surface area contributed by atoms with Crippen LogP contribution >= 0.6 is 0 Å². The van der Waals surface area contributed by atoms with Gasteiger partial charge in [-0.1, -0.05) is 30.3 Å². The molecule has 1 aliphatic heterocycles. The Morgan fingerprint density at radius 3 is 2.64 bits per heavy atom. The molecule has 0 saturated carbocycles. The Labute approximate surface area is 164 Å². The summed E-state index contributed by atoms with van der Waals surface area (Å²) in [6.45, 7) is 0.181. The minimum atomic E-state index is -3.80. The van der Waals surface area contributed by atoms with E-state index in [1.165, 1.54) is 13.1 Å². The fourth-order valence-corrected chi connectivity index (χ4v) is 4.21. The van der Waals surface area contributed by atoms with Crippen molar-refractivity contribution in [2.45, 2.75) is 24.2 Å². The quantitative estimate of drug-likeness (QED) is 0.736. The van der Waals surface area contributed by atoms with Gasteiger partial charge in [0.25, 0.3) is 0 Å². The maximum absolute atomic E-state index is 12.8. The Kier molecular flexibility index (Phi) is 6.11. The molecular weight excluding hydrogens is 378 g/mol. The molecule has 7 nitrogen and oxygen atoms in total. The van der Waals surface area contributed by atoms with Crippen LogP contribution in [-0.2, 0) is 32.5 Å². The summed E-state index contributed by atoms with van der Waals surface area (Å²) < 4.78 is 26.6. The van der Waals surface area contributed by atoms with Crippen molar-refractivity contribution < 1.29 is 18.0 Å². The Hall–Kier alpha value is -2.71. The van der Waals surface area contributed by atoms with Gasteiger partial charge in [-0.15, -0.1) is 0 Å². The molecule has 0 saturated heterocycles. The number of hydrogen-bond acceptors (Lipinski definition) is 4. The van der Waals surface area contributed by atoms with Gasteiger partial charge in [0.2, 0.25) is 21.8 Å². The number of anilines is 1. The van der Waals surface area contributed by atoms with Crippen LogP contribution in [0.5, 0.6) is 0 Å². The lowest BCUT2D eigenvalue weighted by Gasteiger charge is -2.20. The number of nitrogens with one attached hydrogen (secondary N) is 2. The van der Waals surface area contributed by atoms with Crippen LogP contribution in [0.1, 0.15) is 17.5 Å². The van der Waals surface area contributed by atoms with E-state index in [-0.39, 0.29) is 23.3 Å². The average molecular weight is 401 g/mol. The SMILES string of the molecule is CN(CC(=O)NCCc1ccccc1)S(=O)(=O)c1ccc2c(c1)CCC(=O)N2. The molecule has 1 heterocycles. The number of likely N-dealkylation sites (N-methyl/N-ethyl adjacent to an activating group) is 1. The molecule has 0 radical (unpaired) electrons. The van der Waals surface area contributed by atoms with Crippen molar-refractivity contribution in [3.63, 3.8) is 0 Å². The van der Waals surface area contributed by atoms with Gasteiger partial charge in [-0.2, -0.15) is 4.31 Å². The molecule has 0 aliphatic carbocycles. The van der Waals surface area contributed by atoms with Crippen LogP contribution in [0, 0.1) is 0 Å². The highest BCUT2D eigenvalue weighted by Gasteiger charge is 2.25. The van der Waals surface area contributed by atoms with Crippen LogP contribution in [0.3, 0.4) is 0 Å². The lowest BCUT2D eigenvalue weighted by atomic mass is 10.0. The molecule has 0 bridgehead atoms. The van der Waals surface area contributed by atoms with Gasteiger partial charge in [-0.25, -0.2) is 8.42 Å². The van der Waals surface area contributed by atoms with Crippen LogP contribution in [0.2, 0.25) is 0 Å². The molecule has 0 fully saturated rings. The van der Waals surface area contributed by atoms with Crippen LogP contribution in [0.4, 0.5) is 5.69 Å². The molecule has 3 rings (SSSR count). The number of benzene rings is 2. The van der Waals surface area contributed by atoms with Crippen molar-refractivity contribution >= 4 is 27.5 Å². The molecule has 2 aromatic carbocycles. The molecule has 2 aromatic rings. The lowest BCUT2D eigenvalue weighted by Crippen LogP contribution is -2.39. The molecule has 148 valence electrons. The Morgan fingerprint density at radius 2 is 1.89 bits per heavy atom. The highest BCUT2D eigenvalue weighted by molar-refractivity contribution is 7.89. The minimum absolute atomic E-state index is 0.0765. The van der Waals surface area contributed by atoms with Gasteiger partial charge in [0.05, 0.1) is 11.4 Å². The molecule has 0 atom stereocenters. The van der Waals surface area contributed by atoms with Gasteiger partial charge in [0, 0.05) is 25.7 Å². The number of fused-ring (bicyclic) bond motifs is 1. The van der Waals surface area contributed by atoms with E-state index in [0.29, 0.717) is 31.5 Å². The number of rotatable bonds is 7. The number of carbonyl (C=O) groups excluding carboxylic acids is 2. The molecular formula is C20H23N3O4S. The summed E-state index contributed by atoms with van der Waals surface area (Å²) in [5, 5.41) is 5.47. The maximum Gasteiger partial charge on any atom is 0.243 e. The van der Waals surface area contributed by atoms with Crippen molar-refractivity contribution in [2.24, 2.45) is 0 Å². The second-order valence-electron chi connectivity index (χ2n) is 6.71. The third-order valence-electron chi connectivity index (χ3n) is 4.63. The summed E-state index contributed by atoms with van der Waals surface area (Å²) in [6.07, 6.45) is 1.50. The van der Waals surface area contributed by atoms with Crippen molar-refractivity contribution in [3.05, 3.63) is 59.7 Å². The van der Waals surface area contributed by atoms with E-state index in [1.54, 1.807) is 12.1 Å². The van der Waals surface area contributed by atoms with E-state index in [9.17, 15) is 18.0 Å². The first kappa shape index (κ1) is 20.0. The third-order valence-corrected chi connectivity index (χ3v) is 6.42. The summed E-state index contributed by atoms with van der Waals surface area (Å²) in [5.74, 6) is -0.431. The first-order valence-electron chi connectivity index (χ1n) is 9.06. The second kappa shape index (κ2) is 8.53. The average Bonchev–Trinajstić information content (AvgIpc) is 2.68. The molecule has 28 heavy (non-hydrogen) atoms. The molecule has 2 N–H and O–H groups in total. The van der Waals surface area contributed by atoms with Gasteiger partial charge in [0.1, 0.15) is 0 Å². The van der Waals surface area contributed by atoms with Gasteiger partial charge in [-0.05, 0) is 42.2 Å². The van der Waals surface area contributed by atoms with Crippen molar-refractivity contribution in [2.75, 3.05) is 25.5 Å². The standard InChI is InChI=1S/C20H23N3O4S/c1-23(14-20(25)21-12-11-15-5-3-2-4-6-15)28(26,27)17-8-9-18-16(13-17)7-10-19(24)22-18/h2-6,8-9,13H,7,10-12,14H2,1H3,(H,21,25)(H,22,24). The Balaban J connectivity index is 1.59. The number of sulfonamides is 1.